The van der Waals surface area contributed by atoms with Gasteiger partial charge in [-0.05, 0) is 98.7 Å². The first kappa shape index (κ1) is 35.0. The Morgan fingerprint density at radius 2 is 0.951 bits per heavy atom. The molecule has 0 bridgehead atoms. The lowest BCUT2D eigenvalue weighted by Gasteiger charge is -2.47. The second kappa shape index (κ2) is 16.6. The molecule has 5 heteroatoms. The molecule has 3 aliphatic carbocycles. The molecular formula is C36H66O4Si. The van der Waals surface area contributed by atoms with Crippen LogP contribution < -0.4 is 0 Å². The highest BCUT2D eigenvalue weighted by Gasteiger charge is 2.55. The van der Waals surface area contributed by atoms with Crippen LogP contribution in [0.3, 0.4) is 0 Å². The van der Waals surface area contributed by atoms with Crippen LogP contribution in [-0.4, -0.2) is 34.0 Å². The van der Waals surface area contributed by atoms with Gasteiger partial charge in [-0.2, -0.15) is 0 Å². The second-order valence-electron chi connectivity index (χ2n) is 15.2. The highest BCUT2D eigenvalue weighted by molar-refractivity contribution is 6.53. The molecule has 0 aromatic carbocycles. The summed E-state index contributed by atoms with van der Waals surface area (Å²) in [5.74, 6) is 5.13. The minimum Gasteiger partial charge on any atom is -0.348 e. The van der Waals surface area contributed by atoms with Gasteiger partial charge < -0.3 is 17.7 Å². The van der Waals surface area contributed by atoms with Crippen molar-refractivity contribution in [1.82, 2.24) is 0 Å². The molecule has 0 aromatic heterocycles. The van der Waals surface area contributed by atoms with Crippen molar-refractivity contribution in [1.29, 1.82) is 0 Å². The van der Waals surface area contributed by atoms with Gasteiger partial charge in [-0.1, -0.05) is 106 Å². The lowest BCUT2D eigenvalue weighted by molar-refractivity contribution is -0.140. The van der Waals surface area contributed by atoms with E-state index >= 15 is 0 Å². The van der Waals surface area contributed by atoms with Crippen LogP contribution in [0.5, 0.6) is 0 Å². The van der Waals surface area contributed by atoms with Gasteiger partial charge >= 0.3 is 9.05 Å². The van der Waals surface area contributed by atoms with Crippen LogP contribution in [0.25, 0.3) is 0 Å². The molecule has 0 aliphatic heterocycles. The van der Waals surface area contributed by atoms with E-state index in [1.807, 2.05) is 6.92 Å². The third-order valence-electron chi connectivity index (χ3n) is 10.6. The summed E-state index contributed by atoms with van der Waals surface area (Å²) in [4.78, 5) is 0. The Morgan fingerprint density at radius 1 is 0.585 bits per heavy atom. The van der Waals surface area contributed by atoms with E-state index < -0.39 is 9.05 Å². The summed E-state index contributed by atoms with van der Waals surface area (Å²) in [5, 5.41) is 0. The maximum Gasteiger partial charge on any atom is 0.680 e. The van der Waals surface area contributed by atoms with E-state index in [1.54, 1.807) is 0 Å². The Balaban J connectivity index is 2.04. The summed E-state index contributed by atoms with van der Waals surface area (Å²) in [6.07, 6.45) is 19.2. The zero-order chi connectivity index (χ0) is 30.2. The van der Waals surface area contributed by atoms with Crippen molar-refractivity contribution < 1.29 is 17.7 Å². The number of rotatable bonds is 13. The smallest absolute Gasteiger partial charge is 0.348 e. The Kier molecular flexibility index (Phi) is 14.1. The lowest BCUT2D eigenvalue weighted by Crippen LogP contribution is -2.60. The van der Waals surface area contributed by atoms with Crippen LogP contribution in [-0.2, 0) is 17.7 Å². The third kappa shape index (κ3) is 10.3. The predicted octanol–water partition coefficient (Wildman–Crippen LogP) is 10.0. The number of allylic oxidation sites excluding steroid dienone is 3. The van der Waals surface area contributed by atoms with Crippen LogP contribution in [0.15, 0.2) is 24.3 Å². The van der Waals surface area contributed by atoms with E-state index in [2.05, 4.69) is 86.6 Å². The summed E-state index contributed by atoms with van der Waals surface area (Å²) in [5.41, 5.74) is 0. The van der Waals surface area contributed by atoms with Crippen molar-refractivity contribution in [3.63, 3.8) is 0 Å². The van der Waals surface area contributed by atoms with Gasteiger partial charge in [0.15, 0.2) is 0 Å². The van der Waals surface area contributed by atoms with Crippen LogP contribution in [0.4, 0.5) is 0 Å². The van der Waals surface area contributed by atoms with E-state index in [0.29, 0.717) is 59.9 Å². The average Bonchev–Trinajstić information content (AvgIpc) is 2.88. The summed E-state index contributed by atoms with van der Waals surface area (Å²) >= 11 is 0. The highest BCUT2D eigenvalue weighted by atomic mass is 28.4. The van der Waals surface area contributed by atoms with Crippen LogP contribution in [0.2, 0.25) is 0 Å². The van der Waals surface area contributed by atoms with Gasteiger partial charge in [-0.15, -0.1) is 0 Å². The summed E-state index contributed by atoms with van der Waals surface area (Å²) in [6, 6.07) is 0. The molecule has 0 N–H and O–H groups in total. The molecule has 9 atom stereocenters. The van der Waals surface area contributed by atoms with Gasteiger partial charge in [0.1, 0.15) is 0 Å². The molecule has 4 nitrogen and oxygen atoms in total. The standard InChI is InChI=1S/C36H66O4Si/c1-11-12-13-14-21-37-41(38-34-22-28(8)15-18-31(34)25(2)3,39-35-23-29(9)16-19-32(35)26(4)5)40-36-24-30(10)17-20-33(36)27(6)7/h11-14,25-36H,15-24H2,1-10H3/b12-11+,14-13+/t28-,29-,30-,31+,32+,33+,34-,35-,36-/m1/s1. The van der Waals surface area contributed by atoms with E-state index in [-0.39, 0.29) is 18.3 Å². The predicted molar refractivity (Wildman–Crippen MR) is 174 cm³/mol. The van der Waals surface area contributed by atoms with Crippen LogP contribution >= 0.6 is 0 Å². The molecule has 0 saturated heterocycles. The largest absolute Gasteiger partial charge is 0.680 e. The molecule has 0 spiro atoms. The molecule has 3 aliphatic rings. The summed E-state index contributed by atoms with van der Waals surface area (Å²) in [7, 11) is -3.55. The van der Waals surface area contributed by atoms with Crippen molar-refractivity contribution in [2.45, 2.75) is 145 Å². The monoisotopic (exact) mass is 590 g/mol. The average molecular weight is 591 g/mol. The van der Waals surface area contributed by atoms with Crippen molar-refractivity contribution in [2.24, 2.45) is 53.3 Å². The van der Waals surface area contributed by atoms with E-state index in [1.165, 1.54) is 38.5 Å². The highest BCUT2D eigenvalue weighted by Crippen LogP contribution is 2.43. The SMILES string of the molecule is C/C=C/C=C/CO[Si](O[C@@H]1C[C@H](C)CC[C@H]1C(C)C)(O[C@@H]1C[C@H](C)CC[C@H]1C(C)C)O[C@@H]1C[C@H](C)CC[C@H]1C(C)C. The van der Waals surface area contributed by atoms with Gasteiger partial charge in [-0.3, -0.25) is 0 Å². The molecule has 0 unspecified atom stereocenters. The van der Waals surface area contributed by atoms with E-state index in [0.717, 1.165) is 19.3 Å². The second-order valence-corrected chi connectivity index (χ2v) is 17.2. The van der Waals surface area contributed by atoms with E-state index in [9.17, 15) is 0 Å². The molecule has 3 saturated carbocycles. The first-order valence-electron chi connectivity index (χ1n) is 17.4. The quantitative estimate of drug-likeness (QED) is 0.158. The normalized spacial score (nSPS) is 35.9. The van der Waals surface area contributed by atoms with Crippen LogP contribution in [0.1, 0.15) is 127 Å². The molecule has 0 radical (unpaired) electrons. The molecule has 238 valence electrons. The lowest BCUT2D eigenvalue weighted by atomic mass is 9.75. The fourth-order valence-electron chi connectivity index (χ4n) is 7.89. The number of hydrogen-bond donors (Lipinski definition) is 0. The Hall–Kier alpha value is -0.463. The topological polar surface area (TPSA) is 36.9 Å². The summed E-state index contributed by atoms with van der Waals surface area (Å²) < 4.78 is 29.1. The van der Waals surface area contributed by atoms with Gasteiger partial charge in [0.05, 0.1) is 24.9 Å². The van der Waals surface area contributed by atoms with Gasteiger partial charge in [0.2, 0.25) is 0 Å². The fourth-order valence-corrected chi connectivity index (χ4v) is 10.5. The van der Waals surface area contributed by atoms with E-state index in [4.69, 9.17) is 17.7 Å². The zero-order valence-corrected chi connectivity index (χ0v) is 29.4. The van der Waals surface area contributed by atoms with Gasteiger partial charge in [0, 0.05) is 0 Å². The molecule has 3 fully saturated rings. The molecular weight excluding hydrogens is 524 g/mol. The Bertz CT molecular complexity index is 724. The van der Waals surface area contributed by atoms with Gasteiger partial charge in [0.25, 0.3) is 0 Å². The van der Waals surface area contributed by atoms with Crippen LogP contribution in [0, 0.1) is 53.3 Å². The van der Waals surface area contributed by atoms with Gasteiger partial charge in [-0.25, -0.2) is 0 Å². The van der Waals surface area contributed by atoms with Crippen molar-refractivity contribution in [3.05, 3.63) is 24.3 Å². The minimum atomic E-state index is -3.55. The molecule has 3 rings (SSSR count). The maximum absolute atomic E-state index is 7.38. The van der Waals surface area contributed by atoms with Crippen molar-refractivity contribution in [2.75, 3.05) is 6.61 Å². The fraction of sp³-hybridized carbons (Fsp3) is 0.889. The van der Waals surface area contributed by atoms with Crippen molar-refractivity contribution in [3.8, 4) is 0 Å². The first-order chi connectivity index (χ1) is 19.4. The molecule has 41 heavy (non-hydrogen) atoms. The summed E-state index contributed by atoms with van der Waals surface area (Å²) in [6.45, 7) is 23.8. The maximum atomic E-state index is 7.38. The Morgan fingerprint density at radius 3 is 1.27 bits per heavy atom. The molecule has 0 amide bonds. The minimum absolute atomic E-state index is 0.113. The molecule has 0 heterocycles. The third-order valence-corrected chi connectivity index (χ3v) is 12.9. The Labute approximate surface area is 255 Å². The zero-order valence-electron chi connectivity index (χ0n) is 28.4. The number of hydrogen-bond acceptors (Lipinski definition) is 4. The first-order valence-corrected chi connectivity index (χ1v) is 19.0. The molecule has 0 aromatic rings. The van der Waals surface area contributed by atoms with Crippen molar-refractivity contribution >= 4 is 9.05 Å².